The summed E-state index contributed by atoms with van der Waals surface area (Å²) in [6, 6.07) is 9.47. The van der Waals surface area contributed by atoms with Crippen molar-refractivity contribution in [3.63, 3.8) is 0 Å². The Morgan fingerprint density at radius 3 is 2.45 bits per heavy atom. The summed E-state index contributed by atoms with van der Waals surface area (Å²) in [7, 11) is 3.12. The molecule has 0 aliphatic carbocycles. The van der Waals surface area contributed by atoms with Crippen LogP contribution in [0, 0.1) is 0 Å². The number of carbonyl (C=O) groups is 1. The highest BCUT2D eigenvalue weighted by molar-refractivity contribution is 7.12. The number of Topliss-reactive ketones (excluding diaryl/α,β-unsaturated/α-hetero) is 1. The quantitative estimate of drug-likeness (QED) is 0.760. The molecule has 0 N–H and O–H groups in total. The lowest BCUT2D eigenvalue weighted by Crippen LogP contribution is -2.05. The van der Waals surface area contributed by atoms with Crippen molar-refractivity contribution in [3.8, 4) is 11.5 Å². The average Bonchev–Trinajstić information content (AvgIpc) is 2.93. The molecule has 20 heavy (non-hydrogen) atoms. The second-order valence-electron chi connectivity index (χ2n) is 4.36. The Balaban J connectivity index is 2.24. The first-order valence-corrected chi connectivity index (χ1v) is 7.33. The molecule has 0 atom stereocenters. The predicted octanol–water partition coefficient (Wildman–Crippen LogP) is 3.75. The van der Waals surface area contributed by atoms with Crippen molar-refractivity contribution in [1.82, 2.24) is 0 Å². The summed E-state index contributed by atoms with van der Waals surface area (Å²) in [4.78, 5) is 14.8. The molecule has 2 rings (SSSR count). The summed E-state index contributed by atoms with van der Waals surface area (Å²) in [6.45, 7) is 2.11. The number of ether oxygens (including phenoxy) is 2. The van der Waals surface area contributed by atoms with Gasteiger partial charge in [0.15, 0.2) is 17.3 Å². The molecule has 0 bridgehead atoms. The Hall–Kier alpha value is -1.81. The van der Waals surface area contributed by atoms with E-state index in [9.17, 15) is 4.79 Å². The molecule has 3 nitrogen and oxygen atoms in total. The number of carbonyl (C=O) groups excluding carboxylic acids is 1. The minimum atomic E-state index is 0.0465. The van der Waals surface area contributed by atoms with Crippen molar-refractivity contribution in [2.75, 3.05) is 14.2 Å². The number of para-hydroxylation sites is 1. The summed E-state index contributed by atoms with van der Waals surface area (Å²) in [5.74, 6) is 1.14. The van der Waals surface area contributed by atoms with Gasteiger partial charge in [0.25, 0.3) is 0 Å². The van der Waals surface area contributed by atoms with E-state index < -0.39 is 0 Å². The van der Waals surface area contributed by atoms with Gasteiger partial charge in [-0.05, 0) is 30.7 Å². The standard InChI is InChI=1S/C16H18O3S/c1-4-11-8-9-12(20-11)10-14(17)13-6-5-7-15(18-2)16(13)19-3/h5-9H,4,10H2,1-3H3. The molecule has 0 radical (unpaired) electrons. The van der Waals surface area contributed by atoms with Gasteiger partial charge in [0.05, 0.1) is 19.8 Å². The zero-order valence-corrected chi connectivity index (χ0v) is 12.8. The summed E-state index contributed by atoms with van der Waals surface area (Å²) in [5, 5.41) is 0. The van der Waals surface area contributed by atoms with E-state index in [1.54, 1.807) is 43.8 Å². The van der Waals surface area contributed by atoms with Crippen LogP contribution in [0.25, 0.3) is 0 Å². The first kappa shape index (κ1) is 14.6. The van der Waals surface area contributed by atoms with Crippen molar-refractivity contribution < 1.29 is 14.3 Å². The first-order chi connectivity index (χ1) is 9.69. The van der Waals surface area contributed by atoms with Crippen molar-refractivity contribution in [2.24, 2.45) is 0 Å². The van der Waals surface area contributed by atoms with Crippen LogP contribution in [0.1, 0.15) is 27.0 Å². The van der Waals surface area contributed by atoms with Crippen LogP contribution in [0.5, 0.6) is 11.5 Å². The molecule has 0 amide bonds. The van der Waals surface area contributed by atoms with Crippen molar-refractivity contribution in [2.45, 2.75) is 19.8 Å². The molecule has 0 saturated heterocycles. The predicted molar refractivity (Wildman–Crippen MR) is 81.3 cm³/mol. The van der Waals surface area contributed by atoms with Crippen LogP contribution >= 0.6 is 11.3 Å². The SMILES string of the molecule is CCc1ccc(CC(=O)c2cccc(OC)c2OC)s1. The largest absolute Gasteiger partial charge is 0.493 e. The van der Waals surface area contributed by atoms with Crippen LogP contribution in [0.4, 0.5) is 0 Å². The molecule has 0 aliphatic heterocycles. The number of hydrogen-bond acceptors (Lipinski definition) is 4. The lowest BCUT2D eigenvalue weighted by Gasteiger charge is -2.11. The number of benzene rings is 1. The lowest BCUT2D eigenvalue weighted by atomic mass is 10.1. The van der Waals surface area contributed by atoms with E-state index in [4.69, 9.17) is 9.47 Å². The summed E-state index contributed by atoms with van der Waals surface area (Å²) in [5.41, 5.74) is 0.568. The minimum Gasteiger partial charge on any atom is -0.493 e. The first-order valence-electron chi connectivity index (χ1n) is 6.51. The molecule has 1 heterocycles. The molecule has 4 heteroatoms. The Bertz CT molecular complexity index is 602. The Kier molecular flexibility index (Phi) is 4.79. The summed E-state index contributed by atoms with van der Waals surface area (Å²) < 4.78 is 10.5. The van der Waals surface area contributed by atoms with Crippen LogP contribution in [0.15, 0.2) is 30.3 Å². The fourth-order valence-corrected chi connectivity index (χ4v) is 3.02. The van der Waals surface area contributed by atoms with Gasteiger partial charge in [-0.15, -0.1) is 11.3 Å². The summed E-state index contributed by atoms with van der Waals surface area (Å²) in [6.07, 6.45) is 1.40. The smallest absolute Gasteiger partial charge is 0.171 e. The maximum atomic E-state index is 12.4. The third-order valence-electron chi connectivity index (χ3n) is 3.10. The monoisotopic (exact) mass is 290 g/mol. The average molecular weight is 290 g/mol. The van der Waals surface area contributed by atoms with Gasteiger partial charge >= 0.3 is 0 Å². The second-order valence-corrected chi connectivity index (χ2v) is 5.62. The zero-order chi connectivity index (χ0) is 14.5. The maximum Gasteiger partial charge on any atom is 0.171 e. The van der Waals surface area contributed by atoms with Crippen molar-refractivity contribution in [3.05, 3.63) is 45.6 Å². The maximum absolute atomic E-state index is 12.4. The van der Waals surface area contributed by atoms with E-state index in [1.807, 2.05) is 6.07 Å². The number of rotatable bonds is 6. The van der Waals surface area contributed by atoms with E-state index in [1.165, 1.54) is 4.88 Å². The highest BCUT2D eigenvalue weighted by Gasteiger charge is 2.17. The minimum absolute atomic E-state index is 0.0465. The van der Waals surface area contributed by atoms with Gasteiger partial charge in [-0.1, -0.05) is 13.0 Å². The van der Waals surface area contributed by atoms with Gasteiger partial charge in [0.1, 0.15) is 0 Å². The van der Waals surface area contributed by atoms with E-state index >= 15 is 0 Å². The Morgan fingerprint density at radius 1 is 1.10 bits per heavy atom. The van der Waals surface area contributed by atoms with E-state index in [0.29, 0.717) is 23.5 Å². The summed E-state index contributed by atoms with van der Waals surface area (Å²) >= 11 is 1.69. The highest BCUT2D eigenvalue weighted by Crippen LogP contribution is 2.32. The van der Waals surface area contributed by atoms with Gasteiger partial charge < -0.3 is 9.47 Å². The fraction of sp³-hybridized carbons (Fsp3) is 0.312. The van der Waals surface area contributed by atoms with Crippen LogP contribution in [0.2, 0.25) is 0 Å². The van der Waals surface area contributed by atoms with E-state index in [2.05, 4.69) is 13.0 Å². The molecule has 0 spiro atoms. The molecule has 0 fully saturated rings. The van der Waals surface area contributed by atoms with Crippen molar-refractivity contribution >= 4 is 17.1 Å². The second kappa shape index (κ2) is 6.57. The van der Waals surface area contributed by atoms with E-state index in [0.717, 1.165) is 11.3 Å². The molecule has 0 aliphatic rings. The number of thiophene rings is 1. The molecule has 0 saturated carbocycles. The normalized spacial score (nSPS) is 10.3. The number of hydrogen-bond donors (Lipinski definition) is 0. The molecule has 2 aromatic rings. The van der Waals surface area contributed by atoms with Gasteiger partial charge in [0, 0.05) is 16.2 Å². The lowest BCUT2D eigenvalue weighted by molar-refractivity contribution is 0.0990. The topological polar surface area (TPSA) is 35.5 Å². The molecular weight excluding hydrogens is 272 g/mol. The number of methoxy groups -OCH3 is 2. The van der Waals surface area contributed by atoms with Crippen molar-refractivity contribution in [1.29, 1.82) is 0 Å². The van der Waals surface area contributed by atoms with Gasteiger partial charge in [-0.3, -0.25) is 4.79 Å². The fourth-order valence-electron chi connectivity index (χ4n) is 2.07. The van der Waals surface area contributed by atoms with Gasteiger partial charge in [-0.25, -0.2) is 0 Å². The van der Waals surface area contributed by atoms with Crippen LogP contribution < -0.4 is 9.47 Å². The Labute approximate surface area is 123 Å². The van der Waals surface area contributed by atoms with Crippen LogP contribution in [-0.2, 0) is 12.8 Å². The number of aryl methyl sites for hydroxylation is 1. The highest BCUT2D eigenvalue weighted by atomic mass is 32.1. The van der Waals surface area contributed by atoms with Crippen LogP contribution in [-0.4, -0.2) is 20.0 Å². The van der Waals surface area contributed by atoms with Gasteiger partial charge in [-0.2, -0.15) is 0 Å². The van der Waals surface area contributed by atoms with E-state index in [-0.39, 0.29) is 5.78 Å². The van der Waals surface area contributed by atoms with Crippen LogP contribution in [0.3, 0.4) is 0 Å². The zero-order valence-electron chi connectivity index (χ0n) is 11.9. The number of ketones is 1. The molecule has 1 aromatic heterocycles. The third kappa shape index (κ3) is 3.02. The molecular formula is C16H18O3S. The van der Waals surface area contributed by atoms with Gasteiger partial charge in [0.2, 0.25) is 0 Å². The molecule has 1 aromatic carbocycles. The Morgan fingerprint density at radius 2 is 1.85 bits per heavy atom. The molecule has 106 valence electrons. The third-order valence-corrected chi connectivity index (χ3v) is 4.33. The molecule has 0 unspecified atom stereocenters.